The van der Waals surface area contributed by atoms with E-state index in [-0.39, 0.29) is 37.6 Å². The van der Waals surface area contributed by atoms with E-state index in [0.717, 1.165) is 77.3 Å². The number of imidazole rings is 1. The predicted octanol–water partition coefficient (Wildman–Crippen LogP) is 13.4. The Morgan fingerprint density at radius 3 is 2.09 bits per heavy atom. The molecule has 3 aromatic heterocycles. The first-order valence-corrected chi connectivity index (χ1v) is 19.4. The summed E-state index contributed by atoms with van der Waals surface area (Å²) in [5.74, 6) is 0.895. The van der Waals surface area contributed by atoms with Gasteiger partial charge in [0.1, 0.15) is 17.2 Å². The minimum atomic E-state index is -0.536. The first-order chi connectivity index (χ1) is 26.7. The number of phenolic OH excluding ortho intramolecular Hbond substituents is 1. The van der Waals surface area contributed by atoms with Crippen LogP contribution in [0, 0.1) is 6.07 Å². The van der Waals surface area contributed by atoms with E-state index in [0.29, 0.717) is 11.4 Å². The van der Waals surface area contributed by atoms with Crippen LogP contribution in [0.2, 0.25) is 0 Å². The van der Waals surface area contributed by atoms with Crippen molar-refractivity contribution in [1.82, 2.24) is 14.5 Å². The van der Waals surface area contributed by atoms with Crippen molar-refractivity contribution in [2.75, 3.05) is 0 Å². The number of pyridine rings is 1. The Balaban J connectivity index is 0.00000455. The van der Waals surface area contributed by atoms with Crippen molar-refractivity contribution < 1.29 is 30.6 Å². The molecule has 288 valence electrons. The number of furan rings is 1. The van der Waals surface area contributed by atoms with Crippen molar-refractivity contribution in [3.63, 3.8) is 0 Å². The average Bonchev–Trinajstić information content (AvgIpc) is 3.76. The van der Waals surface area contributed by atoms with Crippen molar-refractivity contribution >= 4 is 43.9 Å². The molecule has 0 bridgehead atoms. The number of nitrogens with zero attached hydrogens (tertiary/aromatic N) is 3. The molecule has 0 aliphatic carbocycles. The summed E-state index contributed by atoms with van der Waals surface area (Å²) in [7, 11) is 0. The monoisotopic (exact) mass is 927 g/mol. The normalized spacial score (nSPS) is 12.5. The van der Waals surface area contributed by atoms with Crippen LogP contribution >= 0.6 is 0 Å². The van der Waals surface area contributed by atoms with Crippen LogP contribution < -0.4 is 0 Å². The number of rotatable bonds is 5. The van der Waals surface area contributed by atoms with Gasteiger partial charge in [-0.25, -0.2) is 4.98 Å². The van der Waals surface area contributed by atoms with Gasteiger partial charge in [0.25, 0.3) is 0 Å². The molecule has 0 radical (unpaired) electrons. The number of benzene rings is 6. The second-order valence-electron chi connectivity index (χ2n) is 17.6. The summed E-state index contributed by atoms with van der Waals surface area (Å²) in [5, 5.41) is 14.7. The fourth-order valence-corrected chi connectivity index (χ4v) is 8.14. The Morgan fingerprint density at radius 1 is 0.614 bits per heavy atom. The fourth-order valence-electron chi connectivity index (χ4n) is 8.14. The number of hydrogen-bond acceptors (Lipinski definition) is 4. The Kier molecular flexibility index (Phi) is 9.32. The molecule has 57 heavy (non-hydrogen) atoms. The Hall–Kier alpha value is -5.51. The van der Waals surface area contributed by atoms with Gasteiger partial charge in [0, 0.05) is 38.2 Å². The molecule has 0 amide bonds. The molecule has 0 atom stereocenters. The summed E-state index contributed by atoms with van der Waals surface area (Å²) in [5.41, 5.74) is 11.4. The second kappa shape index (κ2) is 13.8. The quantitative estimate of drug-likeness (QED) is 0.175. The molecule has 0 aliphatic rings. The van der Waals surface area contributed by atoms with Crippen molar-refractivity contribution in [3.8, 4) is 39.4 Å². The molecule has 0 saturated heterocycles. The summed E-state index contributed by atoms with van der Waals surface area (Å²) >= 11 is 0. The second-order valence-corrected chi connectivity index (χ2v) is 17.6. The van der Waals surface area contributed by atoms with Gasteiger partial charge in [-0.15, -0.1) is 17.7 Å². The minimum Gasteiger partial charge on any atom is -0.507 e. The van der Waals surface area contributed by atoms with E-state index in [9.17, 15) is 5.11 Å². The minimum absolute atomic E-state index is 0. The molecular formula is C51H46N3O2Pt-. The average molecular weight is 928 g/mol. The molecular weight excluding hydrogens is 882 g/mol. The zero-order valence-electron chi connectivity index (χ0n) is 33.6. The van der Waals surface area contributed by atoms with Gasteiger partial charge in [0.05, 0.1) is 27.7 Å². The van der Waals surface area contributed by atoms with E-state index in [1.807, 2.05) is 36.5 Å². The van der Waals surface area contributed by atoms with Crippen LogP contribution in [0.3, 0.4) is 0 Å². The molecule has 0 fully saturated rings. The van der Waals surface area contributed by atoms with Crippen molar-refractivity contribution in [2.24, 2.45) is 0 Å². The van der Waals surface area contributed by atoms with E-state index in [2.05, 4.69) is 151 Å². The predicted molar refractivity (Wildman–Crippen MR) is 231 cm³/mol. The third kappa shape index (κ3) is 6.47. The topological polar surface area (TPSA) is 64.1 Å². The van der Waals surface area contributed by atoms with Gasteiger partial charge >= 0.3 is 0 Å². The molecule has 5 nitrogen and oxygen atoms in total. The maximum Gasteiger partial charge on any atom is 0.144 e. The van der Waals surface area contributed by atoms with Gasteiger partial charge in [-0.1, -0.05) is 143 Å². The molecule has 9 aromatic rings. The Bertz CT molecular complexity index is 2980. The van der Waals surface area contributed by atoms with Gasteiger partial charge in [-0.05, 0) is 82.5 Å². The number of aromatic nitrogens is 3. The number of aromatic hydroxyl groups is 1. The summed E-state index contributed by atoms with van der Waals surface area (Å²) in [6.45, 7) is 17.7. The zero-order valence-corrected chi connectivity index (χ0v) is 35.9. The maximum absolute atomic E-state index is 11.6. The van der Waals surface area contributed by atoms with E-state index >= 15 is 0 Å². The number of para-hydroxylation sites is 2. The Labute approximate surface area is 348 Å². The first kappa shape index (κ1) is 38.4. The molecule has 0 unspecified atom stereocenters. The number of hydrogen-bond donors (Lipinski definition) is 1. The van der Waals surface area contributed by atoms with Gasteiger partial charge in [-0.2, -0.15) is 0 Å². The summed E-state index contributed by atoms with van der Waals surface area (Å²) in [6, 6.07) is 45.8. The molecule has 6 heteroatoms. The van der Waals surface area contributed by atoms with Crippen LogP contribution in [0.5, 0.6) is 5.75 Å². The van der Waals surface area contributed by atoms with Crippen molar-refractivity contribution in [1.29, 1.82) is 0 Å². The largest absolute Gasteiger partial charge is 0.507 e. The smallest absolute Gasteiger partial charge is 0.144 e. The van der Waals surface area contributed by atoms with E-state index in [1.54, 1.807) is 6.07 Å². The van der Waals surface area contributed by atoms with Crippen molar-refractivity contribution in [2.45, 2.75) is 71.8 Å². The van der Waals surface area contributed by atoms with E-state index in [4.69, 9.17) is 14.4 Å². The molecule has 1 N–H and O–H groups in total. The third-order valence-electron chi connectivity index (χ3n) is 11.4. The van der Waals surface area contributed by atoms with Crippen LogP contribution in [0.25, 0.3) is 77.5 Å². The van der Waals surface area contributed by atoms with Gasteiger partial charge < -0.3 is 14.1 Å². The van der Waals surface area contributed by atoms with Gasteiger partial charge in [0.15, 0.2) is 0 Å². The van der Waals surface area contributed by atoms with Crippen LogP contribution in [0.4, 0.5) is 0 Å². The van der Waals surface area contributed by atoms with E-state index in [1.165, 1.54) is 5.56 Å². The Morgan fingerprint density at radius 2 is 1.33 bits per heavy atom. The molecule has 0 spiro atoms. The summed E-state index contributed by atoms with van der Waals surface area (Å²) in [6.07, 6.45) is 1.86. The van der Waals surface area contributed by atoms with Crippen LogP contribution in [-0.4, -0.2) is 19.6 Å². The number of phenols is 1. The SMILES string of the molecule is CC(C)(C)c1ccc(O)c(-c2nc3c(-c4[c-]c(-c5cc(C(C)(C)C)cc6cccnc56)c5oc6ccccc6c5c4)cccc3n2C(C)(C)c2ccccc2)c1.[Pt]. The third-order valence-corrected chi connectivity index (χ3v) is 11.4. The molecule has 6 aromatic carbocycles. The van der Waals surface area contributed by atoms with Crippen molar-refractivity contribution in [3.05, 3.63) is 150 Å². The molecule has 9 rings (SSSR count). The fraction of sp³-hybridized carbons (Fsp3) is 0.216. The van der Waals surface area contributed by atoms with E-state index < -0.39 is 5.54 Å². The maximum atomic E-state index is 11.6. The number of fused-ring (bicyclic) bond motifs is 5. The van der Waals surface area contributed by atoms with Crippen LogP contribution in [-0.2, 0) is 37.4 Å². The van der Waals surface area contributed by atoms with Gasteiger partial charge in [0.2, 0.25) is 0 Å². The van der Waals surface area contributed by atoms with Crippen LogP contribution in [0.15, 0.2) is 132 Å². The van der Waals surface area contributed by atoms with Gasteiger partial charge in [-0.3, -0.25) is 4.98 Å². The molecule has 3 heterocycles. The summed E-state index contributed by atoms with van der Waals surface area (Å²) < 4.78 is 9.00. The molecule has 0 saturated carbocycles. The standard InChI is InChI=1S/C51H46N3O2.Pt/c1-49(2,3)34-23-24-43(55)41(29-34)48-53-46-36(20-14-21-42(46)54(48)51(7,8)33-17-10-9-11-18-33)32-27-39-37-19-12-13-22-44(37)56-47(39)40(28-32)38-30-35(50(4,5)6)26-31-16-15-25-52-45(31)38;/h9-27,29-30,55H,1-8H3;/q-1;. The molecule has 0 aliphatic heterocycles. The first-order valence-electron chi connectivity index (χ1n) is 19.4. The summed E-state index contributed by atoms with van der Waals surface area (Å²) in [4.78, 5) is 10.4. The van der Waals surface area contributed by atoms with Crippen LogP contribution in [0.1, 0.15) is 72.1 Å². The zero-order chi connectivity index (χ0) is 39.1.